The maximum absolute atomic E-state index is 11.8. The van der Waals surface area contributed by atoms with Crippen molar-refractivity contribution in [3.8, 4) is 0 Å². The summed E-state index contributed by atoms with van der Waals surface area (Å²) in [5.41, 5.74) is 0. The van der Waals surface area contributed by atoms with Gasteiger partial charge in [-0.2, -0.15) is 5.01 Å². The first kappa shape index (κ1) is 11.9. The Labute approximate surface area is 113 Å². The van der Waals surface area contributed by atoms with Gasteiger partial charge in [-0.25, -0.2) is 0 Å². The van der Waals surface area contributed by atoms with E-state index in [4.69, 9.17) is 0 Å². The molecule has 18 heavy (non-hydrogen) atoms. The predicted octanol–water partition coefficient (Wildman–Crippen LogP) is 2.08. The quantitative estimate of drug-likeness (QED) is 0.572. The largest absolute Gasteiger partial charge is 0.275 e. The topological polar surface area (TPSA) is 40.6 Å². The van der Waals surface area contributed by atoms with Crippen molar-refractivity contribution in [2.45, 2.75) is 24.1 Å². The zero-order chi connectivity index (χ0) is 12.5. The first-order valence-corrected chi connectivity index (χ1v) is 8.03. The van der Waals surface area contributed by atoms with Gasteiger partial charge in [-0.15, -0.1) is 0 Å². The van der Waals surface area contributed by atoms with Gasteiger partial charge < -0.3 is 0 Å². The molecule has 0 aromatic heterocycles. The molecule has 3 aliphatic rings. The molecule has 0 aliphatic carbocycles. The van der Waals surface area contributed by atoms with Gasteiger partial charge in [0.25, 0.3) is 0 Å². The molecule has 3 aliphatic heterocycles. The fourth-order valence-electron chi connectivity index (χ4n) is 2.19. The third kappa shape index (κ3) is 1.99. The van der Waals surface area contributed by atoms with E-state index in [2.05, 4.69) is 6.08 Å². The molecule has 6 heteroatoms. The monoisotopic (exact) mass is 280 g/mol. The molecule has 2 amide bonds. The number of hydrazine groups is 1. The molecule has 0 spiro atoms. The van der Waals surface area contributed by atoms with Crippen molar-refractivity contribution in [1.82, 2.24) is 10.0 Å². The normalized spacial score (nSPS) is 30.9. The molecule has 0 aromatic rings. The first-order valence-electron chi connectivity index (χ1n) is 5.75. The summed E-state index contributed by atoms with van der Waals surface area (Å²) in [6.45, 7) is 0. The lowest BCUT2D eigenvalue weighted by Gasteiger charge is -2.37. The lowest BCUT2D eigenvalue weighted by Crippen LogP contribution is -2.51. The smallest absolute Gasteiger partial charge is 0.248 e. The fourth-order valence-corrected chi connectivity index (χ4v) is 4.50. The molecular weight excluding hydrogens is 268 g/mol. The summed E-state index contributed by atoms with van der Waals surface area (Å²) in [7, 11) is 3.43. The van der Waals surface area contributed by atoms with Crippen molar-refractivity contribution in [1.29, 1.82) is 0 Å². The van der Waals surface area contributed by atoms with Crippen molar-refractivity contribution >= 4 is 33.4 Å². The molecule has 1 saturated heterocycles. The van der Waals surface area contributed by atoms with Crippen LogP contribution in [0.1, 0.15) is 12.8 Å². The number of hydrogen-bond acceptors (Lipinski definition) is 5. The Kier molecular flexibility index (Phi) is 3.22. The van der Waals surface area contributed by atoms with Crippen molar-refractivity contribution in [2.24, 2.45) is 0 Å². The molecule has 3 heterocycles. The zero-order valence-corrected chi connectivity index (χ0v) is 11.2. The Hall–Kier alpha value is -1.14. The highest BCUT2D eigenvalue weighted by atomic mass is 33.1. The van der Waals surface area contributed by atoms with Gasteiger partial charge in [0.1, 0.15) is 0 Å². The highest BCUT2D eigenvalue weighted by Gasteiger charge is 2.38. The molecule has 94 valence electrons. The number of carbonyl (C=O) groups excluding carboxylic acids is 2. The Morgan fingerprint density at radius 2 is 1.89 bits per heavy atom. The summed E-state index contributed by atoms with van der Waals surface area (Å²) in [5.74, 6) is -0.214. The number of allylic oxidation sites excluding steroid dienone is 2. The van der Waals surface area contributed by atoms with Gasteiger partial charge in [0.2, 0.25) is 11.8 Å². The number of imide groups is 1. The molecule has 0 aromatic carbocycles. The van der Waals surface area contributed by atoms with Gasteiger partial charge in [-0.3, -0.25) is 14.6 Å². The van der Waals surface area contributed by atoms with Crippen molar-refractivity contribution in [3.63, 3.8) is 0 Å². The number of hydrogen-bond donors (Lipinski definition) is 0. The lowest BCUT2D eigenvalue weighted by molar-refractivity contribution is -0.154. The van der Waals surface area contributed by atoms with Gasteiger partial charge in [0.15, 0.2) is 0 Å². The standard InChI is InChI=1S/C12H12N2O2S2/c15-11-4-5-12(16)14(11)13-7-2-1-3-9(13)10-6-8-17-18-10/h1-3,6-10H,4-5H2. The molecule has 0 bridgehead atoms. The second kappa shape index (κ2) is 4.85. The van der Waals surface area contributed by atoms with Crippen LogP contribution in [-0.2, 0) is 9.59 Å². The van der Waals surface area contributed by atoms with Gasteiger partial charge in [0, 0.05) is 19.0 Å². The van der Waals surface area contributed by atoms with Gasteiger partial charge in [-0.05, 0) is 11.5 Å². The van der Waals surface area contributed by atoms with E-state index in [0.717, 1.165) is 0 Å². The molecule has 0 saturated carbocycles. The molecule has 0 radical (unpaired) electrons. The Balaban J connectivity index is 1.86. The molecule has 0 N–H and O–H groups in total. The second-order valence-electron chi connectivity index (χ2n) is 4.18. The van der Waals surface area contributed by atoms with E-state index in [0.29, 0.717) is 12.8 Å². The third-order valence-corrected chi connectivity index (χ3v) is 5.42. The summed E-state index contributed by atoms with van der Waals surface area (Å²) in [5, 5.41) is 5.37. The number of nitrogens with zero attached hydrogens (tertiary/aromatic N) is 2. The molecule has 1 fully saturated rings. The van der Waals surface area contributed by atoms with Crippen LogP contribution in [-0.4, -0.2) is 33.1 Å². The van der Waals surface area contributed by atoms with Crippen LogP contribution in [0.25, 0.3) is 0 Å². The van der Waals surface area contributed by atoms with Crippen LogP contribution in [0.5, 0.6) is 0 Å². The Morgan fingerprint density at radius 3 is 2.56 bits per heavy atom. The highest BCUT2D eigenvalue weighted by molar-refractivity contribution is 8.78. The minimum atomic E-state index is -0.107. The van der Waals surface area contributed by atoms with E-state index in [1.165, 1.54) is 5.01 Å². The molecular formula is C12H12N2O2S2. The van der Waals surface area contributed by atoms with Crippen molar-refractivity contribution < 1.29 is 9.59 Å². The summed E-state index contributed by atoms with van der Waals surface area (Å²) in [6.07, 6.45) is 10.4. The van der Waals surface area contributed by atoms with Crippen molar-refractivity contribution in [2.75, 3.05) is 0 Å². The van der Waals surface area contributed by atoms with E-state index in [9.17, 15) is 9.59 Å². The van der Waals surface area contributed by atoms with Crippen LogP contribution in [0.4, 0.5) is 0 Å². The van der Waals surface area contributed by atoms with Gasteiger partial charge in [-0.1, -0.05) is 39.8 Å². The SMILES string of the molecule is O=C1CCC(=O)N1N1C=CC=CC1C1C=CSS1. The Bertz CT molecular complexity index is 457. The first-order chi connectivity index (χ1) is 8.77. The summed E-state index contributed by atoms with van der Waals surface area (Å²) in [6, 6.07) is 0.0252. The van der Waals surface area contributed by atoms with E-state index < -0.39 is 0 Å². The number of carbonyl (C=O) groups is 2. The minimum absolute atomic E-state index is 0.0252. The van der Waals surface area contributed by atoms with Crippen LogP contribution >= 0.6 is 21.6 Å². The van der Waals surface area contributed by atoms with Crippen molar-refractivity contribution in [3.05, 3.63) is 35.9 Å². The molecule has 3 rings (SSSR count). The van der Waals surface area contributed by atoms with Crippen LogP contribution in [0, 0.1) is 0 Å². The van der Waals surface area contributed by atoms with Crippen LogP contribution in [0.15, 0.2) is 35.9 Å². The Morgan fingerprint density at radius 1 is 1.11 bits per heavy atom. The van der Waals surface area contributed by atoms with E-state index in [-0.39, 0.29) is 23.1 Å². The molecule has 2 atom stereocenters. The highest BCUT2D eigenvalue weighted by Crippen LogP contribution is 2.40. The van der Waals surface area contributed by atoms with Gasteiger partial charge >= 0.3 is 0 Å². The van der Waals surface area contributed by atoms with Crippen LogP contribution < -0.4 is 0 Å². The molecule has 2 unspecified atom stereocenters. The summed E-state index contributed by atoms with van der Waals surface area (Å²) in [4.78, 5) is 23.6. The average Bonchev–Trinajstić information content (AvgIpc) is 3.00. The van der Waals surface area contributed by atoms with Crippen LogP contribution in [0.3, 0.4) is 0 Å². The fraction of sp³-hybridized carbons (Fsp3) is 0.333. The van der Waals surface area contributed by atoms with E-state index in [1.54, 1.807) is 26.6 Å². The number of rotatable bonds is 2. The maximum Gasteiger partial charge on any atom is 0.248 e. The summed E-state index contributed by atoms with van der Waals surface area (Å²) < 4.78 is 0. The average molecular weight is 280 g/mol. The third-order valence-electron chi connectivity index (χ3n) is 3.05. The summed E-state index contributed by atoms with van der Waals surface area (Å²) >= 11 is 0. The van der Waals surface area contributed by atoms with Crippen LogP contribution in [0.2, 0.25) is 0 Å². The lowest BCUT2D eigenvalue weighted by atomic mass is 10.1. The van der Waals surface area contributed by atoms with E-state index >= 15 is 0 Å². The zero-order valence-electron chi connectivity index (χ0n) is 9.56. The number of amides is 2. The van der Waals surface area contributed by atoms with Gasteiger partial charge in [0.05, 0.1) is 11.3 Å². The van der Waals surface area contributed by atoms with E-state index in [1.807, 2.05) is 29.8 Å². The molecule has 4 nitrogen and oxygen atoms in total. The maximum atomic E-state index is 11.8. The minimum Gasteiger partial charge on any atom is -0.275 e. The second-order valence-corrected chi connectivity index (χ2v) is 6.54. The predicted molar refractivity (Wildman–Crippen MR) is 73.1 cm³/mol.